The van der Waals surface area contributed by atoms with Gasteiger partial charge in [0.25, 0.3) is 11.8 Å². The van der Waals surface area contributed by atoms with Gasteiger partial charge in [0.1, 0.15) is 0 Å². The molecule has 0 fully saturated rings. The number of nitrogens with one attached hydrogen (secondary N) is 2. The van der Waals surface area contributed by atoms with E-state index in [-0.39, 0.29) is 23.3 Å². The Morgan fingerprint density at radius 3 is 2.56 bits per heavy atom. The molecule has 0 spiro atoms. The van der Waals surface area contributed by atoms with Gasteiger partial charge in [0.2, 0.25) is 15.0 Å². The Bertz CT molecular complexity index is 1410. The Balaban J connectivity index is 1.54. The van der Waals surface area contributed by atoms with Crippen LogP contribution in [0.1, 0.15) is 26.5 Å². The molecule has 10 heteroatoms. The number of hydrogen-bond donors (Lipinski definition) is 2. The van der Waals surface area contributed by atoms with Crippen LogP contribution in [0.25, 0.3) is 5.52 Å². The number of fused-ring (bicyclic) bond motifs is 1. The monoisotopic (exact) mass is 449 g/mol. The summed E-state index contributed by atoms with van der Waals surface area (Å²) >= 11 is 0. The van der Waals surface area contributed by atoms with E-state index in [4.69, 9.17) is 0 Å². The number of hydrogen-bond acceptors (Lipinski definition) is 6. The number of nitrogens with zero attached hydrogens (tertiary/aromatic N) is 3. The average Bonchev–Trinajstić information content (AvgIpc) is 3.19. The number of benzene rings is 1. The van der Waals surface area contributed by atoms with E-state index in [1.165, 1.54) is 16.7 Å². The first kappa shape index (κ1) is 21.2. The summed E-state index contributed by atoms with van der Waals surface area (Å²) in [4.78, 5) is 33.6. The van der Waals surface area contributed by atoms with E-state index in [0.717, 1.165) is 11.9 Å². The maximum atomic E-state index is 12.9. The van der Waals surface area contributed by atoms with E-state index in [9.17, 15) is 18.0 Å². The van der Waals surface area contributed by atoms with E-state index < -0.39 is 15.7 Å². The van der Waals surface area contributed by atoms with Crippen molar-refractivity contribution in [2.45, 2.75) is 11.7 Å². The van der Waals surface area contributed by atoms with Gasteiger partial charge in [-0.1, -0.05) is 18.2 Å². The quantitative estimate of drug-likeness (QED) is 0.466. The first-order valence-corrected chi connectivity index (χ1v) is 11.5. The molecule has 0 saturated carbocycles. The van der Waals surface area contributed by atoms with Crippen LogP contribution in [0.15, 0.2) is 78.2 Å². The number of anilines is 1. The standard InChI is InChI=1S/C22H19N5O4S/c1-32(30,31)22-26-19(18-10-3-5-12-27(18)22)21(29)25-16-9-6-7-15(13-16)20(28)24-14-17-8-2-4-11-23-17/h2-13H,14H2,1H3,(H,24,28)(H,25,29). The largest absolute Gasteiger partial charge is 0.346 e. The van der Waals surface area contributed by atoms with E-state index in [2.05, 4.69) is 20.6 Å². The van der Waals surface area contributed by atoms with Crippen LogP contribution in [0, 0.1) is 0 Å². The number of carbonyl (C=O) groups is 2. The number of sulfone groups is 1. The first-order valence-electron chi connectivity index (χ1n) is 9.59. The Morgan fingerprint density at radius 2 is 1.81 bits per heavy atom. The molecule has 3 aromatic heterocycles. The average molecular weight is 449 g/mol. The summed E-state index contributed by atoms with van der Waals surface area (Å²) in [5.41, 5.74) is 1.77. The second-order valence-corrected chi connectivity index (χ2v) is 8.92. The molecule has 0 aliphatic heterocycles. The second kappa shape index (κ2) is 8.60. The van der Waals surface area contributed by atoms with Gasteiger partial charge in [-0.25, -0.2) is 13.4 Å². The molecule has 0 saturated heterocycles. The highest BCUT2D eigenvalue weighted by Crippen LogP contribution is 2.19. The van der Waals surface area contributed by atoms with Gasteiger partial charge >= 0.3 is 0 Å². The van der Waals surface area contributed by atoms with Crippen LogP contribution in [0.3, 0.4) is 0 Å². The molecule has 0 unspecified atom stereocenters. The number of carbonyl (C=O) groups excluding carboxylic acids is 2. The summed E-state index contributed by atoms with van der Waals surface area (Å²) in [5.74, 6) is -0.909. The predicted molar refractivity (Wildman–Crippen MR) is 118 cm³/mol. The molecule has 4 rings (SSSR count). The van der Waals surface area contributed by atoms with Crippen LogP contribution in [-0.2, 0) is 16.4 Å². The van der Waals surface area contributed by atoms with Gasteiger partial charge in [0, 0.05) is 29.9 Å². The van der Waals surface area contributed by atoms with Gasteiger partial charge in [-0.15, -0.1) is 0 Å². The lowest BCUT2D eigenvalue weighted by Crippen LogP contribution is -2.23. The molecule has 2 amide bonds. The van der Waals surface area contributed by atoms with Gasteiger partial charge in [-0.05, 0) is 42.5 Å². The Morgan fingerprint density at radius 1 is 1.00 bits per heavy atom. The first-order chi connectivity index (χ1) is 15.3. The maximum absolute atomic E-state index is 12.9. The van der Waals surface area contributed by atoms with E-state index >= 15 is 0 Å². The number of aromatic nitrogens is 3. The zero-order valence-corrected chi connectivity index (χ0v) is 17.8. The Hall–Kier alpha value is -4.05. The number of amides is 2. The number of imidazole rings is 1. The predicted octanol–water partition coefficient (Wildman–Crippen LogP) is 2.32. The fraction of sp³-hybridized carbons (Fsp3) is 0.0909. The lowest BCUT2D eigenvalue weighted by Gasteiger charge is -2.08. The zero-order valence-electron chi connectivity index (χ0n) is 17.0. The Kier molecular flexibility index (Phi) is 5.69. The molecule has 3 heterocycles. The normalized spacial score (nSPS) is 11.3. The van der Waals surface area contributed by atoms with Crippen LogP contribution in [0.4, 0.5) is 5.69 Å². The van der Waals surface area contributed by atoms with Crippen LogP contribution in [0.2, 0.25) is 0 Å². The van der Waals surface area contributed by atoms with Crippen molar-refractivity contribution >= 4 is 32.9 Å². The SMILES string of the molecule is CS(=O)(=O)c1nc(C(=O)Nc2cccc(C(=O)NCc3ccccn3)c2)c2ccccn12. The van der Waals surface area contributed by atoms with Gasteiger partial charge in [0.05, 0.1) is 17.8 Å². The van der Waals surface area contributed by atoms with Crippen molar-refractivity contribution in [1.82, 2.24) is 19.7 Å². The molecule has 1 aromatic carbocycles. The van der Waals surface area contributed by atoms with Crippen molar-refractivity contribution in [1.29, 1.82) is 0 Å². The highest BCUT2D eigenvalue weighted by molar-refractivity contribution is 7.90. The molecule has 9 nitrogen and oxygen atoms in total. The molecule has 0 atom stereocenters. The van der Waals surface area contributed by atoms with Crippen LogP contribution in [0.5, 0.6) is 0 Å². The molecule has 0 aliphatic carbocycles. The lowest BCUT2D eigenvalue weighted by molar-refractivity contribution is 0.0949. The highest BCUT2D eigenvalue weighted by atomic mass is 32.2. The molecular weight excluding hydrogens is 430 g/mol. The molecule has 0 bridgehead atoms. The second-order valence-electron chi connectivity index (χ2n) is 7.01. The lowest BCUT2D eigenvalue weighted by atomic mass is 10.2. The Labute approximate surface area is 184 Å². The van der Waals surface area contributed by atoms with Crippen molar-refractivity contribution < 1.29 is 18.0 Å². The number of pyridine rings is 2. The van der Waals surface area contributed by atoms with Crippen molar-refractivity contribution in [2.75, 3.05) is 11.6 Å². The molecule has 162 valence electrons. The third-order valence-electron chi connectivity index (χ3n) is 4.60. The molecular formula is C22H19N5O4S. The minimum Gasteiger partial charge on any atom is -0.346 e. The van der Waals surface area contributed by atoms with Crippen molar-refractivity contribution in [2.24, 2.45) is 0 Å². The summed E-state index contributed by atoms with van der Waals surface area (Å²) in [6, 6.07) is 16.8. The summed E-state index contributed by atoms with van der Waals surface area (Å²) in [7, 11) is -3.65. The van der Waals surface area contributed by atoms with Crippen LogP contribution in [-0.4, -0.2) is 40.9 Å². The van der Waals surface area contributed by atoms with Gasteiger partial charge in [0.15, 0.2) is 5.69 Å². The van der Waals surface area contributed by atoms with Crippen LogP contribution >= 0.6 is 0 Å². The minimum atomic E-state index is -3.65. The van der Waals surface area contributed by atoms with Gasteiger partial charge < -0.3 is 10.6 Å². The fourth-order valence-electron chi connectivity index (χ4n) is 3.14. The van der Waals surface area contributed by atoms with Crippen molar-refractivity contribution in [3.63, 3.8) is 0 Å². The summed E-state index contributed by atoms with van der Waals surface area (Å²) < 4.78 is 25.5. The zero-order chi connectivity index (χ0) is 22.7. The van der Waals surface area contributed by atoms with Gasteiger partial charge in [-0.2, -0.15) is 0 Å². The van der Waals surface area contributed by atoms with Crippen LogP contribution < -0.4 is 10.6 Å². The van der Waals surface area contributed by atoms with E-state index in [0.29, 0.717) is 16.8 Å². The fourth-order valence-corrected chi connectivity index (χ4v) is 3.92. The van der Waals surface area contributed by atoms with E-state index in [1.807, 2.05) is 6.07 Å². The third kappa shape index (κ3) is 4.49. The summed E-state index contributed by atoms with van der Waals surface area (Å²) in [5, 5.41) is 5.24. The van der Waals surface area contributed by atoms with Crippen molar-refractivity contribution in [3.8, 4) is 0 Å². The minimum absolute atomic E-state index is 0.0315. The van der Waals surface area contributed by atoms with E-state index in [1.54, 1.807) is 54.7 Å². The summed E-state index contributed by atoms with van der Waals surface area (Å²) in [6.07, 6.45) is 4.21. The third-order valence-corrected chi connectivity index (χ3v) is 5.55. The van der Waals surface area contributed by atoms with Gasteiger partial charge in [-0.3, -0.25) is 19.0 Å². The smallest absolute Gasteiger partial charge is 0.276 e. The topological polar surface area (TPSA) is 123 Å². The molecule has 4 aromatic rings. The van der Waals surface area contributed by atoms with Crippen molar-refractivity contribution in [3.05, 3.63) is 90.0 Å². The molecule has 0 radical (unpaired) electrons. The number of rotatable bonds is 6. The maximum Gasteiger partial charge on any atom is 0.276 e. The molecule has 32 heavy (non-hydrogen) atoms. The summed E-state index contributed by atoms with van der Waals surface area (Å²) in [6.45, 7) is 0.269. The molecule has 0 aliphatic rings. The highest BCUT2D eigenvalue weighted by Gasteiger charge is 2.23. The molecule has 2 N–H and O–H groups in total.